The van der Waals surface area contributed by atoms with Crippen molar-refractivity contribution in [1.29, 1.82) is 0 Å². The van der Waals surface area contributed by atoms with Crippen molar-refractivity contribution >= 4 is 16.9 Å². The molecular formula is C19H27FN4O. The molecule has 1 aromatic heterocycles. The lowest BCUT2D eigenvalue weighted by Crippen LogP contribution is -2.33. The number of hydrogen-bond donors (Lipinski definition) is 2. The Hall–Kier alpha value is -1.95. The zero-order chi connectivity index (χ0) is 17.8. The van der Waals surface area contributed by atoms with E-state index < -0.39 is 0 Å². The Morgan fingerprint density at radius 1 is 1.24 bits per heavy atom. The van der Waals surface area contributed by atoms with Crippen molar-refractivity contribution in [2.24, 2.45) is 0 Å². The monoisotopic (exact) mass is 346 g/mol. The number of carbonyl (C=O) groups excluding carboxylic acids is 1. The lowest BCUT2D eigenvalue weighted by Gasteiger charge is -2.23. The third-order valence-electron chi connectivity index (χ3n) is 4.86. The number of fused-ring (bicyclic) bond motifs is 1. The second-order valence-electron chi connectivity index (χ2n) is 6.79. The largest absolute Gasteiger partial charge is 0.336 e. The molecule has 0 atom stereocenters. The first-order valence-electron chi connectivity index (χ1n) is 9.33. The van der Waals surface area contributed by atoms with E-state index in [1.165, 1.54) is 6.07 Å². The molecule has 5 nitrogen and oxygen atoms in total. The molecule has 1 aliphatic heterocycles. The topological polar surface area (TPSA) is 61.0 Å². The van der Waals surface area contributed by atoms with Gasteiger partial charge in [-0.15, -0.1) is 0 Å². The highest BCUT2D eigenvalue weighted by Crippen LogP contribution is 2.30. The van der Waals surface area contributed by atoms with Crippen LogP contribution in [0.2, 0.25) is 0 Å². The van der Waals surface area contributed by atoms with Crippen LogP contribution in [0.1, 0.15) is 61.6 Å². The second kappa shape index (κ2) is 7.95. The molecule has 136 valence electrons. The molecule has 0 spiro atoms. The van der Waals surface area contributed by atoms with Crippen LogP contribution in [0.25, 0.3) is 11.0 Å². The minimum absolute atomic E-state index is 0.108. The number of halogens is 1. The molecule has 3 rings (SSSR count). The van der Waals surface area contributed by atoms with Gasteiger partial charge in [0.15, 0.2) is 5.82 Å². The van der Waals surface area contributed by atoms with Gasteiger partial charge in [0.05, 0.1) is 11.0 Å². The molecule has 1 amide bonds. The third-order valence-corrected chi connectivity index (χ3v) is 4.86. The summed E-state index contributed by atoms with van der Waals surface area (Å²) in [4.78, 5) is 22.0. The molecule has 2 N–H and O–H groups in total. The maximum atomic E-state index is 14.5. The molecule has 1 aliphatic rings. The Morgan fingerprint density at radius 2 is 1.92 bits per heavy atom. The van der Waals surface area contributed by atoms with E-state index in [4.69, 9.17) is 0 Å². The smallest absolute Gasteiger partial charge is 0.289 e. The molecule has 0 radical (unpaired) electrons. The maximum absolute atomic E-state index is 14.5. The second-order valence-corrected chi connectivity index (χ2v) is 6.79. The van der Waals surface area contributed by atoms with E-state index in [0.29, 0.717) is 24.4 Å². The van der Waals surface area contributed by atoms with Crippen LogP contribution >= 0.6 is 0 Å². The van der Waals surface area contributed by atoms with E-state index in [-0.39, 0.29) is 17.6 Å². The Bertz CT molecular complexity index is 730. The van der Waals surface area contributed by atoms with Crippen LogP contribution in [0, 0.1) is 5.82 Å². The maximum Gasteiger partial charge on any atom is 0.289 e. The van der Waals surface area contributed by atoms with Crippen molar-refractivity contribution in [3.63, 3.8) is 0 Å². The van der Waals surface area contributed by atoms with Crippen molar-refractivity contribution in [3.8, 4) is 0 Å². The minimum atomic E-state index is -0.219. The SMILES string of the molecule is CCCN(CCC)C(=O)c1nc2cc(F)c(C3CCNCC3)cc2[nH]1. The molecule has 1 saturated heterocycles. The molecule has 0 aliphatic carbocycles. The highest BCUT2D eigenvalue weighted by atomic mass is 19.1. The van der Waals surface area contributed by atoms with Gasteiger partial charge in [-0.25, -0.2) is 9.37 Å². The van der Waals surface area contributed by atoms with Gasteiger partial charge in [-0.3, -0.25) is 4.79 Å². The number of imidazole rings is 1. The summed E-state index contributed by atoms with van der Waals surface area (Å²) in [5.41, 5.74) is 1.99. The number of carbonyl (C=O) groups is 1. The van der Waals surface area contributed by atoms with E-state index in [1.807, 2.05) is 11.0 Å². The summed E-state index contributed by atoms with van der Waals surface area (Å²) in [6.45, 7) is 7.34. The van der Waals surface area contributed by atoms with Gasteiger partial charge in [-0.2, -0.15) is 0 Å². The molecule has 1 aromatic carbocycles. The minimum Gasteiger partial charge on any atom is -0.336 e. The number of nitrogens with zero attached hydrogens (tertiary/aromatic N) is 2. The Kier molecular flexibility index (Phi) is 5.68. The average molecular weight is 346 g/mol. The summed E-state index contributed by atoms with van der Waals surface area (Å²) < 4.78 is 14.5. The standard InChI is InChI=1S/C19H27FN4O/c1-3-9-24(10-4-2)19(25)18-22-16-11-14(13-5-7-21-8-6-13)15(20)12-17(16)23-18/h11-13,21H,3-10H2,1-2H3,(H,22,23). The predicted molar refractivity (Wildman–Crippen MR) is 97.4 cm³/mol. The van der Waals surface area contributed by atoms with Crippen LogP contribution in [0.5, 0.6) is 0 Å². The first-order valence-corrected chi connectivity index (χ1v) is 9.33. The summed E-state index contributed by atoms with van der Waals surface area (Å²) in [6.07, 6.45) is 3.67. The molecule has 1 fully saturated rings. The number of aromatic nitrogens is 2. The van der Waals surface area contributed by atoms with Crippen LogP contribution in [0.3, 0.4) is 0 Å². The van der Waals surface area contributed by atoms with Gasteiger partial charge >= 0.3 is 0 Å². The fraction of sp³-hybridized carbons (Fsp3) is 0.579. The first kappa shape index (κ1) is 17.9. The summed E-state index contributed by atoms with van der Waals surface area (Å²) >= 11 is 0. The summed E-state index contributed by atoms with van der Waals surface area (Å²) in [5, 5.41) is 3.30. The molecule has 0 saturated carbocycles. The number of nitrogens with one attached hydrogen (secondary N) is 2. The lowest BCUT2D eigenvalue weighted by atomic mass is 9.89. The Labute approximate surface area is 148 Å². The quantitative estimate of drug-likeness (QED) is 0.842. The van der Waals surface area contributed by atoms with Gasteiger partial charge < -0.3 is 15.2 Å². The van der Waals surface area contributed by atoms with Crippen molar-refractivity contribution in [2.45, 2.75) is 45.4 Å². The Morgan fingerprint density at radius 3 is 2.56 bits per heavy atom. The van der Waals surface area contributed by atoms with Crippen LogP contribution < -0.4 is 5.32 Å². The van der Waals surface area contributed by atoms with E-state index in [9.17, 15) is 9.18 Å². The fourth-order valence-electron chi connectivity index (χ4n) is 3.60. The number of hydrogen-bond acceptors (Lipinski definition) is 3. The number of piperidine rings is 1. The lowest BCUT2D eigenvalue weighted by molar-refractivity contribution is 0.0745. The first-order chi connectivity index (χ1) is 12.1. The number of H-pyrrole nitrogens is 1. The molecule has 0 unspecified atom stereocenters. The Balaban J connectivity index is 1.90. The zero-order valence-corrected chi connectivity index (χ0v) is 15.1. The molecule has 0 bridgehead atoms. The molecule has 2 aromatic rings. The van der Waals surface area contributed by atoms with Crippen LogP contribution in [-0.4, -0.2) is 47.0 Å². The van der Waals surface area contributed by atoms with Gasteiger partial charge in [0, 0.05) is 19.2 Å². The highest BCUT2D eigenvalue weighted by molar-refractivity contribution is 5.94. The summed E-state index contributed by atoms with van der Waals surface area (Å²) in [7, 11) is 0. The molecule has 25 heavy (non-hydrogen) atoms. The zero-order valence-electron chi connectivity index (χ0n) is 15.1. The van der Waals surface area contributed by atoms with Crippen molar-refractivity contribution in [3.05, 3.63) is 29.3 Å². The number of amides is 1. The highest BCUT2D eigenvalue weighted by Gasteiger charge is 2.22. The van der Waals surface area contributed by atoms with Gasteiger partial charge in [0.25, 0.3) is 5.91 Å². The van der Waals surface area contributed by atoms with Crippen LogP contribution in [-0.2, 0) is 0 Å². The van der Waals surface area contributed by atoms with Gasteiger partial charge in [-0.05, 0) is 56.3 Å². The van der Waals surface area contributed by atoms with Gasteiger partial charge in [0.2, 0.25) is 0 Å². The fourth-order valence-corrected chi connectivity index (χ4v) is 3.60. The summed E-state index contributed by atoms with van der Waals surface area (Å²) in [5.74, 6) is 0.205. The van der Waals surface area contributed by atoms with E-state index >= 15 is 0 Å². The van der Waals surface area contributed by atoms with Crippen LogP contribution in [0.4, 0.5) is 4.39 Å². The van der Waals surface area contributed by atoms with Crippen molar-refractivity contribution in [1.82, 2.24) is 20.2 Å². The molecule has 2 heterocycles. The number of rotatable bonds is 6. The summed E-state index contributed by atoms with van der Waals surface area (Å²) in [6, 6.07) is 3.30. The van der Waals surface area contributed by atoms with Crippen molar-refractivity contribution < 1.29 is 9.18 Å². The average Bonchev–Trinajstić information content (AvgIpc) is 3.03. The molecular weight excluding hydrogens is 319 g/mol. The van der Waals surface area contributed by atoms with Gasteiger partial charge in [0.1, 0.15) is 5.82 Å². The third kappa shape index (κ3) is 3.84. The van der Waals surface area contributed by atoms with E-state index in [1.54, 1.807) is 0 Å². The van der Waals surface area contributed by atoms with E-state index in [0.717, 1.165) is 49.9 Å². The molecule has 6 heteroatoms. The normalized spacial score (nSPS) is 15.6. The van der Waals surface area contributed by atoms with E-state index in [2.05, 4.69) is 29.1 Å². The van der Waals surface area contributed by atoms with Crippen LogP contribution in [0.15, 0.2) is 12.1 Å². The number of benzene rings is 1. The van der Waals surface area contributed by atoms with Gasteiger partial charge in [-0.1, -0.05) is 13.8 Å². The predicted octanol–water partition coefficient (Wildman–Crippen LogP) is 3.43. The van der Waals surface area contributed by atoms with Crippen molar-refractivity contribution in [2.75, 3.05) is 26.2 Å². The number of aromatic amines is 1.